The van der Waals surface area contributed by atoms with Crippen LogP contribution in [-0.2, 0) is 6.54 Å². The molecule has 0 aliphatic carbocycles. The molecule has 0 bridgehead atoms. The van der Waals surface area contributed by atoms with Crippen molar-refractivity contribution in [2.24, 2.45) is 11.8 Å². The van der Waals surface area contributed by atoms with Gasteiger partial charge in [0.1, 0.15) is 0 Å². The van der Waals surface area contributed by atoms with Crippen molar-refractivity contribution in [1.29, 1.82) is 0 Å². The first-order valence-electron chi connectivity index (χ1n) is 6.30. The third-order valence-electron chi connectivity index (χ3n) is 3.63. The molecule has 2 rings (SSSR count). The number of aliphatic hydroxyl groups is 2. The maximum Gasteiger partial charge on any atom is 0.213 e. The van der Waals surface area contributed by atoms with Gasteiger partial charge in [-0.2, -0.15) is 0 Å². The Bertz CT molecular complexity index is 418. The lowest BCUT2D eigenvalue weighted by atomic mass is 9.98. The van der Waals surface area contributed by atoms with Gasteiger partial charge in [0.2, 0.25) is 5.88 Å². The van der Waals surface area contributed by atoms with Crippen molar-refractivity contribution < 1.29 is 14.9 Å². The van der Waals surface area contributed by atoms with Crippen LogP contribution in [0.5, 0.6) is 5.88 Å². The fourth-order valence-corrected chi connectivity index (χ4v) is 2.85. The maximum absolute atomic E-state index is 9.31. The number of ether oxygens (including phenoxy) is 1. The third-order valence-corrected chi connectivity index (χ3v) is 4.35. The molecule has 0 unspecified atom stereocenters. The molecule has 0 saturated carbocycles. The van der Waals surface area contributed by atoms with Crippen molar-refractivity contribution in [3.63, 3.8) is 0 Å². The summed E-state index contributed by atoms with van der Waals surface area (Å²) in [7, 11) is 1.60. The Labute approximate surface area is 121 Å². The molecule has 1 saturated heterocycles. The Kier molecular flexibility index (Phi) is 5.15. The predicted octanol–water partition coefficient (Wildman–Crippen LogP) is 0.885. The molecule has 5 nitrogen and oxygen atoms in total. The van der Waals surface area contributed by atoms with Crippen molar-refractivity contribution in [2.45, 2.75) is 6.54 Å². The van der Waals surface area contributed by atoms with E-state index >= 15 is 0 Å². The molecule has 1 aliphatic rings. The fraction of sp³-hybridized carbons (Fsp3) is 0.615. The van der Waals surface area contributed by atoms with E-state index in [2.05, 4.69) is 25.8 Å². The van der Waals surface area contributed by atoms with Crippen molar-refractivity contribution >= 4 is 15.9 Å². The second-order valence-corrected chi connectivity index (χ2v) is 5.75. The lowest BCUT2D eigenvalue weighted by Gasteiger charge is -2.17. The predicted molar refractivity (Wildman–Crippen MR) is 74.9 cm³/mol. The largest absolute Gasteiger partial charge is 0.481 e. The molecule has 0 amide bonds. The molecule has 2 heterocycles. The van der Waals surface area contributed by atoms with Crippen LogP contribution in [0.4, 0.5) is 0 Å². The monoisotopic (exact) mass is 330 g/mol. The van der Waals surface area contributed by atoms with Crippen LogP contribution >= 0.6 is 15.9 Å². The Balaban J connectivity index is 2.06. The van der Waals surface area contributed by atoms with Crippen LogP contribution in [-0.4, -0.2) is 53.5 Å². The number of nitrogens with zero attached hydrogens (tertiary/aromatic N) is 2. The van der Waals surface area contributed by atoms with Crippen LogP contribution < -0.4 is 4.74 Å². The minimum atomic E-state index is 0.128. The highest BCUT2D eigenvalue weighted by Gasteiger charge is 2.31. The van der Waals surface area contributed by atoms with Crippen LogP contribution in [0, 0.1) is 11.8 Å². The number of pyridine rings is 1. The van der Waals surface area contributed by atoms with Crippen molar-refractivity contribution in [3.05, 3.63) is 22.3 Å². The number of aromatic nitrogens is 1. The summed E-state index contributed by atoms with van der Waals surface area (Å²) in [6, 6.07) is 1.91. The Hall–Kier alpha value is -0.690. The number of hydrogen-bond donors (Lipinski definition) is 2. The Morgan fingerprint density at radius 2 is 2.00 bits per heavy atom. The van der Waals surface area contributed by atoms with Gasteiger partial charge in [-0.05, 0) is 21.5 Å². The summed E-state index contributed by atoms with van der Waals surface area (Å²) >= 11 is 3.49. The van der Waals surface area contributed by atoms with Crippen LogP contribution in [0.1, 0.15) is 5.56 Å². The second-order valence-electron chi connectivity index (χ2n) is 4.90. The minimum absolute atomic E-state index is 0.128. The molecule has 1 fully saturated rings. The molecule has 2 atom stereocenters. The average Bonchev–Trinajstić information content (AvgIpc) is 2.83. The molecule has 19 heavy (non-hydrogen) atoms. The molecule has 2 N–H and O–H groups in total. The van der Waals surface area contributed by atoms with E-state index in [0.717, 1.165) is 29.7 Å². The number of rotatable bonds is 5. The molecule has 1 aromatic rings. The molecule has 0 spiro atoms. The lowest BCUT2D eigenvalue weighted by molar-refractivity contribution is 0.152. The highest BCUT2D eigenvalue weighted by Crippen LogP contribution is 2.27. The van der Waals surface area contributed by atoms with E-state index in [0.29, 0.717) is 5.88 Å². The molecule has 0 aromatic carbocycles. The third kappa shape index (κ3) is 3.45. The zero-order valence-electron chi connectivity index (χ0n) is 10.9. The highest BCUT2D eigenvalue weighted by molar-refractivity contribution is 9.10. The maximum atomic E-state index is 9.31. The summed E-state index contributed by atoms with van der Waals surface area (Å²) in [5.74, 6) is 0.912. The number of halogens is 1. The molecular weight excluding hydrogens is 312 g/mol. The molecular formula is C13H19BrN2O3. The first-order chi connectivity index (χ1) is 9.17. The summed E-state index contributed by atoms with van der Waals surface area (Å²) in [5.41, 5.74) is 1.10. The fourth-order valence-electron chi connectivity index (χ4n) is 2.51. The van der Waals surface area contributed by atoms with Crippen LogP contribution in [0.15, 0.2) is 16.7 Å². The van der Waals surface area contributed by atoms with E-state index in [1.54, 1.807) is 13.3 Å². The Morgan fingerprint density at radius 1 is 1.37 bits per heavy atom. The molecule has 6 heteroatoms. The van der Waals surface area contributed by atoms with Crippen LogP contribution in [0.2, 0.25) is 0 Å². The topological polar surface area (TPSA) is 65.8 Å². The summed E-state index contributed by atoms with van der Waals surface area (Å²) in [6.07, 6.45) is 1.73. The van der Waals surface area contributed by atoms with Gasteiger partial charge in [0, 0.05) is 61.4 Å². The van der Waals surface area contributed by atoms with Crippen molar-refractivity contribution in [1.82, 2.24) is 9.88 Å². The van der Waals surface area contributed by atoms with Gasteiger partial charge in [-0.25, -0.2) is 4.98 Å². The average molecular weight is 331 g/mol. The first kappa shape index (κ1) is 14.7. The summed E-state index contributed by atoms with van der Waals surface area (Å²) < 4.78 is 6.07. The van der Waals surface area contributed by atoms with Gasteiger partial charge in [-0.3, -0.25) is 4.90 Å². The summed E-state index contributed by atoms with van der Waals surface area (Å²) in [6.45, 7) is 2.62. The van der Waals surface area contributed by atoms with Crippen LogP contribution in [0.3, 0.4) is 0 Å². The number of likely N-dealkylation sites (tertiary alicyclic amines) is 1. The van der Waals surface area contributed by atoms with E-state index in [1.165, 1.54) is 0 Å². The van der Waals surface area contributed by atoms with E-state index in [9.17, 15) is 10.2 Å². The lowest BCUT2D eigenvalue weighted by Crippen LogP contribution is -2.21. The SMILES string of the molecule is COc1cc(CN2C[C@@H](CO)[C@H](CO)C2)c(Br)cn1. The quantitative estimate of drug-likeness (QED) is 0.839. The number of aliphatic hydroxyl groups excluding tert-OH is 2. The van der Waals surface area contributed by atoms with Gasteiger partial charge >= 0.3 is 0 Å². The highest BCUT2D eigenvalue weighted by atomic mass is 79.9. The summed E-state index contributed by atoms with van der Waals surface area (Å²) in [5, 5.41) is 18.6. The van der Waals surface area contributed by atoms with Gasteiger partial charge in [0.15, 0.2) is 0 Å². The second kappa shape index (κ2) is 6.65. The van der Waals surface area contributed by atoms with Crippen LogP contribution in [0.25, 0.3) is 0 Å². The van der Waals surface area contributed by atoms with Gasteiger partial charge in [0.05, 0.1) is 7.11 Å². The molecule has 1 aromatic heterocycles. The standard InChI is InChI=1S/C13H19BrN2O3/c1-19-13-2-9(12(14)3-15-13)4-16-5-10(7-17)11(6-16)8-18/h2-3,10-11,17-18H,4-8H2,1H3/t10-,11-/m0/s1. The molecule has 1 aliphatic heterocycles. The number of hydrogen-bond acceptors (Lipinski definition) is 5. The zero-order chi connectivity index (χ0) is 13.8. The van der Waals surface area contributed by atoms with E-state index in [4.69, 9.17) is 4.74 Å². The first-order valence-corrected chi connectivity index (χ1v) is 7.09. The van der Waals surface area contributed by atoms with Gasteiger partial charge in [0.25, 0.3) is 0 Å². The van der Waals surface area contributed by atoms with E-state index in [-0.39, 0.29) is 25.0 Å². The zero-order valence-corrected chi connectivity index (χ0v) is 12.5. The van der Waals surface area contributed by atoms with Crippen molar-refractivity contribution in [3.8, 4) is 5.88 Å². The molecule has 106 valence electrons. The van der Waals surface area contributed by atoms with E-state index in [1.807, 2.05) is 6.07 Å². The van der Waals surface area contributed by atoms with E-state index < -0.39 is 0 Å². The minimum Gasteiger partial charge on any atom is -0.481 e. The van der Waals surface area contributed by atoms with Crippen molar-refractivity contribution in [2.75, 3.05) is 33.4 Å². The Morgan fingerprint density at radius 3 is 2.53 bits per heavy atom. The summed E-state index contributed by atoms with van der Waals surface area (Å²) in [4.78, 5) is 6.36. The van der Waals surface area contributed by atoms with Gasteiger partial charge < -0.3 is 14.9 Å². The number of methoxy groups -OCH3 is 1. The smallest absolute Gasteiger partial charge is 0.213 e. The molecule has 0 radical (unpaired) electrons. The normalized spacial score (nSPS) is 23.8. The van der Waals surface area contributed by atoms with Gasteiger partial charge in [-0.15, -0.1) is 0 Å². The van der Waals surface area contributed by atoms with Gasteiger partial charge in [-0.1, -0.05) is 0 Å².